The van der Waals surface area contributed by atoms with Crippen molar-refractivity contribution in [2.24, 2.45) is 5.10 Å². The summed E-state index contributed by atoms with van der Waals surface area (Å²) in [4.78, 5) is 13.9. The zero-order valence-electron chi connectivity index (χ0n) is 11.5. The molecule has 0 saturated heterocycles. The summed E-state index contributed by atoms with van der Waals surface area (Å²) < 4.78 is 5.09. The number of anilines is 1. The molecule has 0 spiro atoms. The number of methoxy groups -OCH3 is 1. The van der Waals surface area contributed by atoms with Crippen molar-refractivity contribution in [2.45, 2.75) is 13.8 Å². The molecular weight excluding hydrogens is 258 g/mol. The minimum absolute atomic E-state index is 0.202. The molecule has 2 aromatic rings. The topological polar surface area (TPSA) is 92.3 Å². The molecule has 0 aliphatic rings. The van der Waals surface area contributed by atoms with Crippen LogP contribution in [0.25, 0.3) is 0 Å². The highest BCUT2D eigenvalue weighted by Crippen LogP contribution is 2.12. The normalized spacial score (nSPS) is 11.2. The van der Waals surface area contributed by atoms with Crippen LogP contribution < -0.4 is 15.7 Å². The quantitative estimate of drug-likeness (QED) is 0.647. The molecule has 1 aromatic carbocycles. The molecule has 2 rings (SSSR count). The number of benzene rings is 1. The van der Waals surface area contributed by atoms with Crippen molar-refractivity contribution in [1.82, 2.24) is 15.2 Å². The monoisotopic (exact) mass is 273 g/mol. The molecule has 0 unspecified atom stereocenters. The fraction of sp³-hybridized carbons (Fsp3) is 0.231. The maximum atomic E-state index is 11.4. The number of aryl methyl sites for hydroxylation is 1. The summed E-state index contributed by atoms with van der Waals surface area (Å²) in [6, 6.07) is 7.48. The number of ether oxygens (including phenoxy) is 1. The largest absolute Gasteiger partial charge is 0.497 e. The Morgan fingerprint density at radius 2 is 2.00 bits per heavy atom. The predicted octanol–water partition coefficient (Wildman–Crippen LogP) is 1.32. The number of aromatic amines is 1. The first-order valence-electron chi connectivity index (χ1n) is 5.98. The molecule has 0 atom stereocenters. The Bertz CT molecular complexity index is 676. The Hall–Kier alpha value is -2.70. The van der Waals surface area contributed by atoms with Crippen LogP contribution in [0.5, 0.6) is 5.75 Å². The van der Waals surface area contributed by atoms with Gasteiger partial charge in [0.05, 0.1) is 12.8 Å². The fourth-order valence-electron chi connectivity index (χ4n) is 1.48. The molecule has 0 radical (unpaired) electrons. The van der Waals surface area contributed by atoms with E-state index in [0.717, 1.165) is 17.0 Å². The first kappa shape index (κ1) is 13.7. The van der Waals surface area contributed by atoms with Crippen LogP contribution in [0, 0.1) is 6.92 Å². The van der Waals surface area contributed by atoms with Crippen molar-refractivity contribution >= 4 is 11.7 Å². The van der Waals surface area contributed by atoms with Gasteiger partial charge in [0.15, 0.2) is 0 Å². The van der Waals surface area contributed by atoms with Crippen LogP contribution in [0.15, 0.2) is 34.2 Å². The van der Waals surface area contributed by atoms with Gasteiger partial charge in [0.1, 0.15) is 11.4 Å². The van der Waals surface area contributed by atoms with Crippen LogP contribution in [0.2, 0.25) is 0 Å². The van der Waals surface area contributed by atoms with E-state index in [2.05, 4.69) is 25.7 Å². The lowest BCUT2D eigenvalue weighted by molar-refractivity contribution is 0.415. The highest BCUT2D eigenvalue weighted by atomic mass is 16.5. The van der Waals surface area contributed by atoms with E-state index in [1.807, 2.05) is 31.2 Å². The maximum Gasteiger partial charge on any atom is 0.274 e. The van der Waals surface area contributed by atoms with Crippen LogP contribution in [0.3, 0.4) is 0 Å². The van der Waals surface area contributed by atoms with E-state index in [0.29, 0.717) is 5.69 Å². The van der Waals surface area contributed by atoms with Crippen molar-refractivity contribution in [3.8, 4) is 5.75 Å². The standard InChI is InChI=1S/C13H15N5O2/c1-8(10-4-6-11(20-3)7-5-10)15-17-13-14-12(19)9(2)16-18-13/h4-7H,1-3H3,(H2,14,17,18,19). The van der Waals surface area contributed by atoms with Crippen LogP contribution in [0.1, 0.15) is 18.2 Å². The maximum absolute atomic E-state index is 11.4. The third kappa shape index (κ3) is 3.19. The van der Waals surface area contributed by atoms with E-state index >= 15 is 0 Å². The fourth-order valence-corrected chi connectivity index (χ4v) is 1.48. The number of rotatable bonds is 4. The molecule has 1 heterocycles. The van der Waals surface area contributed by atoms with E-state index in [1.54, 1.807) is 14.0 Å². The van der Waals surface area contributed by atoms with E-state index in [1.165, 1.54) is 0 Å². The Labute approximate surface area is 115 Å². The molecule has 1 aromatic heterocycles. The second kappa shape index (κ2) is 5.96. The highest BCUT2D eigenvalue weighted by Gasteiger charge is 2.01. The number of aromatic nitrogens is 3. The molecule has 20 heavy (non-hydrogen) atoms. The number of hydrazone groups is 1. The minimum Gasteiger partial charge on any atom is -0.497 e. The van der Waals surface area contributed by atoms with E-state index < -0.39 is 0 Å². The summed E-state index contributed by atoms with van der Waals surface area (Å²) in [5.41, 5.74) is 4.36. The predicted molar refractivity (Wildman–Crippen MR) is 76.2 cm³/mol. The summed E-state index contributed by atoms with van der Waals surface area (Å²) in [5.74, 6) is 0.983. The molecule has 7 heteroatoms. The van der Waals surface area contributed by atoms with Crippen LogP contribution in [0.4, 0.5) is 5.95 Å². The Balaban J connectivity index is 2.13. The molecule has 0 amide bonds. The second-order valence-corrected chi connectivity index (χ2v) is 4.13. The van der Waals surface area contributed by atoms with Crippen molar-refractivity contribution in [3.05, 3.63) is 45.9 Å². The van der Waals surface area contributed by atoms with Crippen LogP contribution in [-0.2, 0) is 0 Å². The van der Waals surface area contributed by atoms with Crippen molar-refractivity contribution < 1.29 is 4.74 Å². The van der Waals surface area contributed by atoms with Gasteiger partial charge in [-0.2, -0.15) is 5.10 Å². The third-order valence-corrected chi connectivity index (χ3v) is 2.70. The molecule has 0 bridgehead atoms. The highest BCUT2D eigenvalue weighted by molar-refractivity contribution is 5.99. The number of H-pyrrole nitrogens is 1. The summed E-state index contributed by atoms with van der Waals surface area (Å²) in [7, 11) is 1.61. The van der Waals surface area contributed by atoms with Gasteiger partial charge in [-0.15, -0.1) is 10.2 Å². The zero-order valence-corrected chi connectivity index (χ0v) is 11.5. The molecule has 0 fully saturated rings. The van der Waals surface area contributed by atoms with Gasteiger partial charge in [0.2, 0.25) is 5.95 Å². The smallest absolute Gasteiger partial charge is 0.274 e. The van der Waals surface area contributed by atoms with Crippen LogP contribution in [-0.4, -0.2) is 28.0 Å². The average Bonchev–Trinajstić information content (AvgIpc) is 2.48. The molecule has 0 saturated carbocycles. The zero-order chi connectivity index (χ0) is 14.5. The van der Waals surface area contributed by atoms with Gasteiger partial charge < -0.3 is 4.74 Å². The van der Waals surface area contributed by atoms with E-state index in [4.69, 9.17) is 4.74 Å². The van der Waals surface area contributed by atoms with Gasteiger partial charge in [-0.3, -0.25) is 9.78 Å². The lowest BCUT2D eigenvalue weighted by Crippen LogP contribution is -2.16. The average molecular weight is 273 g/mol. The van der Waals surface area contributed by atoms with E-state index in [9.17, 15) is 4.79 Å². The Morgan fingerprint density at radius 1 is 1.30 bits per heavy atom. The minimum atomic E-state index is -0.292. The number of hydrogen-bond donors (Lipinski definition) is 2. The number of nitrogens with zero attached hydrogens (tertiary/aromatic N) is 3. The molecule has 7 nitrogen and oxygen atoms in total. The first-order valence-corrected chi connectivity index (χ1v) is 5.98. The van der Waals surface area contributed by atoms with Crippen LogP contribution >= 0.6 is 0 Å². The van der Waals surface area contributed by atoms with Gasteiger partial charge in [0.25, 0.3) is 5.56 Å². The molecule has 0 aliphatic carbocycles. The Kier molecular flexibility index (Phi) is 4.09. The first-order chi connectivity index (χ1) is 9.60. The van der Waals surface area contributed by atoms with Gasteiger partial charge >= 0.3 is 0 Å². The Morgan fingerprint density at radius 3 is 2.60 bits per heavy atom. The molecule has 104 valence electrons. The SMILES string of the molecule is COc1ccc(C(C)=NNc2nnc(C)c(=O)[nH]2)cc1. The van der Waals surface area contributed by atoms with Gasteiger partial charge in [0, 0.05) is 0 Å². The lowest BCUT2D eigenvalue weighted by atomic mass is 10.1. The van der Waals surface area contributed by atoms with Crippen molar-refractivity contribution in [3.63, 3.8) is 0 Å². The summed E-state index contributed by atoms with van der Waals surface area (Å²) >= 11 is 0. The number of hydrogen-bond acceptors (Lipinski definition) is 6. The molecule has 2 N–H and O–H groups in total. The molecule has 0 aliphatic heterocycles. The summed E-state index contributed by atoms with van der Waals surface area (Å²) in [5, 5.41) is 11.6. The lowest BCUT2D eigenvalue weighted by Gasteiger charge is -2.04. The second-order valence-electron chi connectivity index (χ2n) is 4.13. The number of nitrogens with one attached hydrogen (secondary N) is 2. The summed E-state index contributed by atoms with van der Waals surface area (Å²) in [6.45, 7) is 3.43. The summed E-state index contributed by atoms with van der Waals surface area (Å²) in [6.07, 6.45) is 0. The van der Waals surface area contributed by atoms with Gasteiger partial charge in [-0.1, -0.05) is 0 Å². The van der Waals surface area contributed by atoms with Gasteiger partial charge in [-0.05, 0) is 43.7 Å². The molecular formula is C13H15N5O2. The van der Waals surface area contributed by atoms with Gasteiger partial charge in [-0.25, -0.2) is 5.43 Å². The van der Waals surface area contributed by atoms with Crippen molar-refractivity contribution in [1.29, 1.82) is 0 Å². The van der Waals surface area contributed by atoms with Crippen molar-refractivity contribution in [2.75, 3.05) is 12.5 Å². The van der Waals surface area contributed by atoms with E-state index in [-0.39, 0.29) is 11.5 Å². The third-order valence-electron chi connectivity index (χ3n) is 2.70.